The highest BCUT2D eigenvalue weighted by Crippen LogP contribution is 2.32. The lowest BCUT2D eigenvalue weighted by molar-refractivity contribution is 0.551. The summed E-state index contributed by atoms with van der Waals surface area (Å²) in [4.78, 5) is 3.86. The molecular weight excluding hydrogens is 166 g/mol. The van der Waals surface area contributed by atoms with Crippen LogP contribution < -0.4 is 11.1 Å². The summed E-state index contributed by atoms with van der Waals surface area (Å²) >= 11 is 0. The van der Waals surface area contributed by atoms with Gasteiger partial charge in [-0.25, -0.2) is 0 Å². The van der Waals surface area contributed by atoms with Crippen molar-refractivity contribution in [2.45, 2.75) is 0 Å². The van der Waals surface area contributed by atoms with Crippen molar-refractivity contribution in [3.63, 3.8) is 0 Å². The molecule has 1 aliphatic heterocycles. The molecule has 4 nitrogen and oxygen atoms in total. The first kappa shape index (κ1) is 7.91. The van der Waals surface area contributed by atoms with Crippen LogP contribution in [-0.4, -0.2) is 19.8 Å². The van der Waals surface area contributed by atoms with Crippen LogP contribution in [0, 0.1) is 0 Å². The predicted octanol–water partition coefficient (Wildman–Crippen LogP) is 1.35. The van der Waals surface area contributed by atoms with Crippen molar-refractivity contribution in [3.05, 3.63) is 17.6 Å². The molecule has 0 radical (unpaired) electrons. The maximum Gasteiger partial charge on any atom is 0.170 e. The number of nitrogens with zero attached hydrogens (tertiary/aromatic N) is 1. The largest absolute Gasteiger partial charge is 0.451 e. The number of nitrogens with one attached hydrogen (secondary N) is 1. The quantitative estimate of drug-likeness (QED) is 0.636. The molecule has 0 amide bonds. The van der Waals surface area contributed by atoms with Crippen LogP contribution in [0.4, 0.5) is 11.4 Å². The van der Waals surface area contributed by atoms with Gasteiger partial charge >= 0.3 is 0 Å². The molecule has 1 aromatic heterocycles. The molecule has 0 unspecified atom stereocenters. The number of hydrogen-bond donors (Lipinski definition) is 2. The molecular formula is C9H11N3O. The van der Waals surface area contributed by atoms with E-state index in [4.69, 9.17) is 10.2 Å². The van der Waals surface area contributed by atoms with Crippen molar-refractivity contribution in [3.8, 4) is 0 Å². The second-order valence-corrected chi connectivity index (χ2v) is 2.79. The van der Waals surface area contributed by atoms with Crippen molar-refractivity contribution < 1.29 is 4.42 Å². The summed E-state index contributed by atoms with van der Waals surface area (Å²) in [5.41, 5.74) is 7.33. The second kappa shape index (κ2) is 2.97. The Balaban J connectivity index is 2.51. The van der Waals surface area contributed by atoms with E-state index in [0.29, 0.717) is 11.4 Å². The van der Waals surface area contributed by atoms with Gasteiger partial charge in [0.15, 0.2) is 11.5 Å². The third kappa shape index (κ3) is 1.20. The molecule has 0 fully saturated rings. The fourth-order valence-electron chi connectivity index (χ4n) is 1.32. The zero-order valence-electron chi connectivity index (χ0n) is 7.37. The van der Waals surface area contributed by atoms with E-state index in [2.05, 4.69) is 10.3 Å². The Morgan fingerprint density at radius 1 is 1.69 bits per heavy atom. The lowest BCUT2D eigenvalue weighted by atomic mass is 10.2. The number of anilines is 2. The van der Waals surface area contributed by atoms with Gasteiger partial charge in [-0.1, -0.05) is 6.08 Å². The maximum absolute atomic E-state index is 5.83. The van der Waals surface area contributed by atoms with E-state index in [0.717, 1.165) is 18.0 Å². The van der Waals surface area contributed by atoms with Crippen LogP contribution in [0.5, 0.6) is 0 Å². The molecule has 0 aliphatic carbocycles. The molecule has 0 aromatic carbocycles. The predicted molar refractivity (Wildman–Crippen MR) is 54.2 cm³/mol. The maximum atomic E-state index is 5.83. The van der Waals surface area contributed by atoms with Crippen LogP contribution in [0.1, 0.15) is 11.5 Å². The summed E-state index contributed by atoms with van der Waals surface area (Å²) in [5, 5.41) is 3.14. The number of furan rings is 1. The van der Waals surface area contributed by atoms with E-state index >= 15 is 0 Å². The number of aliphatic imine (C=N–C) groups is 1. The molecule has 3 N–H and O–H groups in total. The molecule has 0 atom stereocenters. The van der Waals surface area contributed by atoms with E-state index in [1.807, 2.05) is 12.2 Å². The van der Waals surface area contributed by atoms with Crippen molar-refractivity contribution in [2.75, 3.05) is 24.6 Å². The van der Waals surface area contributed by atoms with E-state index in [-0.39, 0.29) is 0 Å². The van der Waals surface area contributed by atoms with Crippen molar-refractivity contribution >= 4 is 23.7 Å². The number of rotatable bonds is 1. The summed E-state index contributed by atoms with van der Waals surface area (Å²) in [7, 11) is 1.68. The molecule has 0 spiro atoms. The molecule has 2 heterocycles. The summed E-state index contributed by atoms with van der Waals surface area (Å²) in [6, 6.07) is 0. The lowest BCUT2D eigenvalue weighted by Crippen LogP contribution is -2.04. The Hall–Kier alpha value is -1.71. The minimum Gasteiger partial charge on any atom is -0.451 e. The van der Waals surface area contributed by atoms with Crippen LogP contribution >= 0.6 is 0 Å². The summed E-state index contributed by atoms with van der Waals surface area (Å²) in [5.74, 6) is 1.39. The van der Waals surface area contributed by atoms with Crippen molar-refractivity contribution in [1.29, 1.82) is 0 Å². The zero-order chi connectivity index (χ0) is 9.26. The van der Waals surface area contributed by atoms with E-state index < -0.39 is 0 Å². The average molecular weight is 177 g/mol. The molecule has 0 saturated carbocycles. The number of nitrogens with two attached hydrogens (primary N) is 1. The van der Waals surface area contributed by atoms with Gasteiger partial charge in [-0.3, -0.25) is 4.99 Å². The molecule has 0 saturated heterocycles. The molecule has 4 heteroatoms. The highest BCUT2D eigenvalue weighted by atomic mass is 16.3. The van der Waals surface area contributed by atoms with Gasteiger partial charge in [-0.05, 0) is 6.08 Å². The number of nitrogen functional groups attached to an aromatic ring is 1. The first-order valence-corrected chi connectivity index (χ1v) is 4.07. The summed E-state index contributed by atoms with van der Waals surface area (Å²) < 4.78 is 5.45. The van der Waals surface area contributed by atoms with Gasteiger partial charge in [0.2, 0.25) is 0 Å². The van der Waals surface area contributed by atoms with Crippen LogP contribution in [-0.2, 0) is 0 Å². The Bertz CT molecular complexity index is 376. The SMILES string of the molecule is C/N=C\c1oc2c(c1N)NCC=C2. The third-order valence-corrected chi connectivity index (χ3v) is 1.91. The van der Waals surface area contributed by atoms with Crippen molar-refractivity contribution in [1.82, 2.24) is 0 Å². The van der Waals surface area contributed by atoms with Crippen LogP contribution in [0.3, 0.4) is 0 Å². The van der Waals surface area contributed by atoms with Gasteiger partial charge in [0.05, 0.1) is 6.21 Å². The Morgan fingerprint density at radius 3 is 3.23 bits per heavy atom. The monoisotopic (exact) mass is 177 g/mol. The van der Waals surface area contributed by atoms with E-state index in [1.165, 1.54) is 0 Å². The highest BCUT2D eigenvalue weighted by Gasteiger charge is 2.16. The average Bonchev–Trinajstić information content (AvgIpc) is 2.46. The molecule has 2 rings (SSSR count). The second-order valence-electron chi connectivity index (χ2n) is 2.79. The molecule has 1 aliphatic rings. The molecule has 13 heavy (non-hydrogen) atoms. The number of hydrogen-bond acceptors (Lipinski definition) is 4. The van der Waals surface area contributed by atoms with Crippen LogP contribution in [0.25, 0.3) is 6.08 Å². The topological polar surface area (TPSA) is 63.5 Å². The Labute approximate surface area is 76.1 Å². The van der Waals surface area contributed by atoms with Crippen molar-refractivity contribution in [2.24, 2.45) is 4.99 Å². The van der Waals surface area contributed by atoms with Gasteiger partial charge < -0.3 is 15.5 Å². The van der Waals surface area contributed by atoms with E-state index in [1.54, 1.807) is 13.3 Å². The van der Waals surface area contributed by atoms with Crippen LogP contribution in [0.2, 0.25) is 0 Å². The summed E-state index contributed by atoms with van der Waals surface area (Å²) in [6.07, 6.45) is 5.51. The van der Waals surface area contributed by atoms with Gasteiger partial charge in [0.25, 0.3) is 0 Å². The molecule has 68 valence electrons. The van der Waals surface area contributed by atoms with Gasteiger partial charge in [0.1, 0.15) is 11.4 Å². The smallest absolute Gasteiger partial charge is 0.170 e. The Kier molecular flexibility index (Phi) is 1.81. The molecule has 0 bridgehead atoms. The normalized spacial score (nSPS) is 14.5. The minimum atomic E-state index is 0.617. The fraction of sp³-hybridized carbons (Fsp3) is 0.222. The zero-order valence-corrected chi connectivity index (χ0v) is 7.37. The van der Waals surface area contributed by atoms with Gasteiger partial charge in [-0.15, -0.1) is 0 Å². The molecule has 1 aromatic rings. The highest BCUT2D eigenvalue weighted by molar-refractivity contribution is 5.92. The lowest BCUT2D eigenvalue weighted by Gasteiger charge is -2.06. The Morgan fingerprint density at radius 2 is 2.54 bits per heavy atom. The van der Waals surface area contributed by atoms with Crippen LogP contribution in [0.15, 0.2) is 15.5 Å². The first-order chi connectivity index (χ1) is 6.33. The third-order valence-electron chi connectivity index (χ3n) is 1.91. The summed E-state index contributed by atoms with van der Waals surface area (Å²) in [6.45, 7) is 0.791. The standard InChI is InChI=1S/C9H11N3O/c1-11-5-7-8(10)9-6(13-7)3-2-4-12-9/h2-3,5,12H,4,10H2,1H3/b11-5-. The fourth-order valence-corrected chi connectivity index (χ4v) is 1.32. The first-order valence-electron chi connectivity index (χ1n) is 4.07. The van der Waals surface area contributed by atoms with E-state index in [9.17, 15) is 0 Å². The number of fused-ring (bicyclic) bond motifs is 1. The van der Waals surface area contributed by atoms with Gasteiger partial charge in [-0.2, -0.15) is 0 Å². The minimum absolute atomic E-state index is 0.617. The van der Waals surface area contributed by atoms with Gasteiger partial charge in [0, 0.05) is 13.6 Å².